The Morgan fingerprint density at radius 2 is 2.04 bits per heavy atom. The third-order valence-corrected chi connectivity index (χ3v) is 4.90. The first-order valence-electron chi connectivity index (χ1n) is 7.97. The van der Waals surface area contributed by atoms with E-state index in [-0.39, 0.29) is 5.69 Å². The minimum absolute atomic E-state index is 0.0886. The van der Waals surface area contributed by atoms with Crippen LogP contribution in [0.1, 0.15) is 50.6 Å². The van der Waals surface area contributed by atoms with Crippen molar-refractivity contribution >= 4 is 5.69 Å². The Morgan fingerprint density at radius 3 is 2.50 bits per heavy atom. The minimum atomic E-state index is -1.66. The van der Waals surface area contributed by atoms with Crippen LogP contribution in [0.5, 0.6) is 0 Å². The monoisotopic (exact) mass is 332 g/mol. The van der Waals surface area contributed by atoms with Gasteiger partial charge in [0.25, 0.3) is 5.69 Å². The molecule has 0 saturated heterocycles. The van der Waals surface area contributed by atoms with Gasteiger partial charge in [-0.1, -0.05) is 13.0 Å². The minimum Gasteiger partial charge on any atom is -0.320 e. The molecule has 6 nitrogen and oxygen atoms in total. The fourth-order valence-corrected chi connectivity index (χ4v) is 3.73. The summed E-state index contributed by atoms with van der Waals surface area (Å²) >= 11 is 0. The van der Waals surface area contributed by atoms with Crippen LogP contribution in [0.15, 0.2) is 24.5 Å². The molecule has 0 bridgehead atoms. The molecule has 0 amide bonds. The quantitative estimate of drug-likeness (QED) is 0.633. The lowest BCUT2D eigenvalue weighted by Crippen LogP contribution is -2.43. The van der Waals surface area contributed by atoms with Crippen molar-refractivity contribution in [3.8, 4) is 0 Å². The summed E-state index contributed by atoms with van der Waals surface area (Å²) in [4.78, 5) is 10.9. The van der Waals surface area contributed by atoms with Gasteiger partial charge in [0.15, 0.2) is 0 Å². The molecule has 128 valence electrons. The van der Waals surface area contributed by atoms with Gasteiger partial charge in [0, 0.05) is 19.2 Å². The Balaban J connectivity index is 2.21. The highest BCUT2D eigenvalue weighted by atomic mass is 19.1. The molecule has 0 radical (unpaired) electrons. The topological polar surface area (TPSA) is 73.8 Å². The first-order chi connectivity index (χ1) is 11.1. The molecule has 0 unspecified atom stereocenters. The Morgan fingerprint density at radius 1 is 1.38 bits per heavy atom. The number of benzene rings is 1. The van der Waals surface area contributed by atoms with Gasteiger partial charge >= 0.3 is 0 Å². The Labute approximate surface area is 139 Å². The van der Waals surface area contributed by atoms with E-state index in [0.717, 1.165) is 24.2 Å². The van der Waals surface area contributed by atoms with E-state index in [1.807, 2.05) is 11.6 Å². The second-order valence-corrected chi connectivity index (χ2v) is 7.36. The number of hydrogen-bond donors (Lipinski definition) is 0. The molecule has 3 rings (SSSR count). The molecule has 0 spiro atoms. The van der Waals surface area contributed by atoms with Crippen molar-refractivity contribution < 1.29 is 9.31 Å². The maximum Gasteiger partial charge on any atom is 0.270 e. The van der Waals surface area contributed by atoms with Crippen LogP contribution in [0.25, 0.3) is 0 Å². The molecule has 1 aromatic carbocycles. The lowest BCUT2D eigenvalue weighted by molar-refractivity contribution is -0.385. The molecule has 0 aliphatic heterocycles. The van der Waals surface area contributed by atoms with Gasteiger partial charge < -0.3 is 4.57 Å². The van der Waals surface area contributed by atoms with Crippen molar-refractivity contribution in [1.82, 2.24) is 14.8 Å². The number of hydrogen-bond acceptors (Lipinski definition) is 4. The molecule has 1 saturated carbocycles. The molecule has 24 heavy (non-hydrogen) atoms. The molecule has 1 aliphatic carbocycles. The SMILES string of the molecule is CC1CC(c2cc([N+](=O)[O-])cc(C(C)(C)F)c2)(c2nncn2C)C1. The van der Waals surface area contributed by atoms with Gasteiger partial charge in [-0.3, -0.25) is 10.1 Å². The maximum absolute atomic E-state index is 14.5. The van der Waals surface area contributed by atoms with Gasteiger partial charge in [0.2, 0.25) is 0 Å². The van der Waals surface area contributed by atoms with Crippen LogP contribution in [-0.2, 0) is 18.1 Å². The molecule has 1 aliphatic rings. The number of aromatic nitrogens is 3. The summed E-state index contributed by atoms with van der Waals surface area (Å²) in [6, 6.07) is 4.61. The number of aryl methyl sites for hydroxylation is 1. The third-order valence-electron chi connectivity index (χ3n) is 4.90. The van der Waals surface area contributed by atoms with Crippen LogP contribution in [0.3, 0.4) is 0 Å². The Hall–Kier alpha value is -2.31. The summed E-state index contributed by atoms with van der Waals surface area (Å²) in [7, 11) is 1.86. The zero-order chi connectivity index (χ0) is 17.7. The molecular formula is C17H21FN4O2. The van der Waals surface area contributed by atoms with Crippen LogP contribution >= 0.6 is 0 Å². The normalized spacial score (nSPS) is 23.8. The summed E-state index contributed by atoms with van der Waals surface area (Å²) in [6.45, 7) is 4.95. The van der Waals surface area contributed by atoms with Gasteiger partial charge in [0.1, 0.15) is 17.8 Å². The van der Waals surface area contributed by atoms with E-state index in [9.17, 15) is 14.5 Å². The standard InChI is InChI=1S/C17H21FN4O2/c1-11-8-17(9-11,15-20-19-10-21(15)4)13-5-12(16(2,3)18)6-14(7-13)22(23)24/h5-7,10-11H,8-9H2,1-4H3. The summed E-state index contributed by atoms with van der Waals surface area (Å²) < 4.78 is 16.3. The molecule has 1 fully saturated rings. The van der Waals surface area contributed by atoms with E-state index in [1.165, 1.54) is 19.9 Å². The number of nitrogens with zero attached hydrogens (tertiary/aromatic N) is 4. The van der Waals surface area contributed by atoms with E-state index in [1.54, 1.807) is 18.5 Å². The van der Waals surface area contributed by atoms with Crippen molar-refractivity contribution in [2.45, 2.75) is 44.7 Å². The lowest BCUT2D eigenvalue weighted by atomic mass is 9.58. The number of halogens is 1. The van der Waals surface area contributed by atoms with Crippen LogP contribution in [-0.4, -0.2) is 19.7 Å². The van der Waals surface area contributed by atoms with E-state index >= 15 is 0 Å². The summed E-state index contributed by atoms with van der Waals surface area (Å²) in [6.07, 6.45) is 3.25. The first kappa shape index (κ1) is 16.5. The van der Waals surface area contributed by atoms with Gasteiger partial charge in [-0.05, 0) is 43.7 Å². The summed E-state index contributed by atoms with van der Waals surface area (Å²) in [5.41, 5.74) is -1.14. The molecule has 1 heterocycles. The molecular weight excluding hydrogens is 311 g/mol. The lowest BCUT2D eigenvalue weighted by Gasteiger charge is -2.46. The van der Waals surface area contributed by atoms with Crippen molar-refractivity contribution in [2.24, 2.45) is 13.0 Å². The maximum atomic E-state index is 14.5. The number of alkyl halides is 1. The third kappa shape index (κ3) is 2.57. The zero-order valence-corrected chi connectivity index (χ0v) is 14.3. The fraction of sp³-hybridized carbons (Fsp3) is 0.529. The van der Waals surface area contributed by atoms with E-state index in [2.05, 4.69) is 17.1 Å². The van der Waals surface area contributed by atoms with Gasteiger partial charge in [0.05, 0.1) is 10.3 Å². The van der Waals surface area contributed by atoms with Crippen molar-refractivity contribution in [1.29, 1.82) is 0 Å². The van der Waals surface area contributed by atoms with Crippen LogP contribution < -0.4 is 0 Å². The van der Waals surface area contributed by atoms with Crippen LogP contribution in [0.2, 0.25) is 0 Å². The fourth-order valence-electron chi connectivity index (χ4n) is 3.73. The first-order valence-corrected chi connectivity index (χ1v) is 7.97. The van der Waals surface area contributed by atoms with Gasteiger partial charge in [-0.2, -0.15) is 0 Å². The predicted octanol–water partition coefficient (Wildman–Crippen LogP) is 3.64. The highest BCUT2D eigenvalue weighted by Gasteiger charge is 2.49. The van der Waals surface area contributed by atoms with Crippen molar-refractivity contribution in [3.63, 3.8) is 0 Å². The van der Waals surface area contributed by atoms with Crippen molar-refractivity contribution in [3.05, 3.63) is 51.6 Å². The predicted molar refractivity (Wildman–Crippen MR) is 87.4 cm³/mol. The molecule has 1 aromatic heterocycles. The zero-order valence-electron chi connectivity index (χ0n) is 14.3. The summed E-state index contributed by atoms with van der Waals surface area (Å²) in [5.74, 6) is 1.24. The Kier molecular flexibility index (Phi) is 3.69. The number of nitro benzene ring substituents is 1. The number of nitro groups is 1. The van der Waals surface area contributed by atoms with Gasteiger partial charge in [-0.15, -0.1) is 10.2 Å². The highest BCUT2D eigenvalue weighted by molar-refractivity contribution is 5.48. The molecule has 2 aromatic rings. The van der Waals surface area contributed by atoms with Crippen LogP contribution in [0, 0.1) is 16.0 Å². The average molecular weight is 332 g/mol. The Bertz CT molecular complexity index is 788. The number of non-ortho nitro benzene ring substituents is 1. The smallest absolute Gasteiger partial charge is 0.270 e. The second kappa shape index (κ2) is 5.36. The highest BCUT2D eigenvalue weighted by Crippen LogP contribution is 2.52. The van der Waals surface area contributed by atoms with E-state index < -0.39 is 16.0 Å². The van der Waals surface area contributed by atoms with Crippen LogP contribution in [0.4, 0.5) is 10.1 Å². The van der Waals surface area contributed by atoms with E-state index in [4.69, 9.17) is 0 Å². The molecule has 0 N–H and O–H groups in total. The van der Waals surface area contributed by atoms with Gasteiger partial charge in [-0.25, -0.2) is 4.39 Å². The van der Waals surface area contributed by atoms with E-state index in [0.29, 0.717) is 11.5 Å². The summed E-state index contributed by atoms with van der Waals surface area (Å²) in [5, 5.41) is 19.5. The average Bonchev–Trinajstić information content (AvgIpc) is 2.88. The molecule has 0 atom stereocenters. The number of rotatable bonds is 4. The molecule has 7 heteroatoms. The largest absolute Gasteiger partial charge is 0.320 e. The van der Waals surface area contributed by atoms with Crippen molar-refractivity contribution in [2.75, 3.05) is 0 Å². The second-order valence-electron chi connectivity index (χ2n) is 7.36.